The van der Waals surface area contributed by atoms with Crippen LogP contribution in [0.3, 0.4) is 0 Å². The first kappa shape index (κ1) is 11.3. The molecule has 1 aromatic heterocycles. The molecule has 0 aliphatic rings. The number of hydrogen-bond acceptors (Lipinski definition) is 3. The standard InChI is InChI=1S/C12H14N4O/c1-9(13)12(17)15-10-5-2-3-6-11(10)16-8-4-7-14-16/h2-9H,13H2,1H3,(H,15,17)/t9-/m0/s1. The molecule has 1 amide bonds. The van der Waals surface area contributed by atoms with Crippen molar-refractivity contribution < 1.29 is 4.79 Å². The van der Waals surface area contributed by atoms with E-state index < -0.39 is 6.04 Å². The van der Waals surface area contributed by atoms with Crippen molar-refractivity contribution in [3.63, 3.8) is 0 Å². The summed E-state index contributed by atoms with van der Waals surface area (Å²) in [6.45, 7) is 1.64. The zero-order chi connectivity index (χ0) is 12.3. The van der Waals surface area contributed by atoms with Crippen LogP contribution >= 0.6 is 0 Å². The second-order valence-corrected chi connectivity index (χ2v) is 3.75. The van der Waals surface area contributed by atoms with Crippen molar-refractivity contribution in [3.05, 3.63) is 42.7 Å². The maximum absolute atomic E-state index is 11.6. The quantitative estimate of drug-likeness (QED) is 0.831. The minimum atomic E-state index is -0.541. The summed E-state index contributed by atoms with van der Waals surface area (Å²) >= 11 is 0. The van der Waals surface area contributed by atoms with E-state index >= 15 is 0 Å². The van der Waals surface area contributed by atoms with Crippen LogP contribution in [0.15, 0.2) is 42.7 Å². The van der Waals surface area contributed by atoms with E-state index in [1.165, 1.54) is 0 Å². The molecule has 0 fully saturated rings. The Morgan fingerprint density at radius 2 is 2.18 bits per heavy atom. The van der Waals surface area contributed by atoms with Gasteiger partial charge in [0.05, 0.1) is 17.4 Å². The van der Waals surface area contributed by atoms with Gasteiger partial charge in [-0.15, -0.1) is 0 Å². The number of nitrogens with one attached hydrogen (secondary N) is 1. The van der Waals surface area contributed by atoms with E-state index in [9.17, 15) is 4.79 Å². The number of para-hydroxylation sites is 2. The van der Waals surface area contributed by atoms with Gasteiger partial charge in [-0.05, 0) is 25.1 Å². The third kappa shape index (κ3) is 2.51. The summed E-state index contributed by atoms with van der Waals surface area (Å²) in [6, 6.07) is 8.72. The lowest BCUT2D eigenvalue weighted by Crippen LogP contribution is -2.32. The van der Waals surface area contributed by atoms with Gasteiger partial charge < -0.3 is 11.1 Å². The molecule has 0 bridgehead atoms. The molecular formula is C12H14N4O. The van der Waals surface area contributed by atoms with E-state index in [2.05, 4.69) is 10.4 Å². The summed E-state index contributed by atoms with van der Waals surface area (Å²) in [5.74, 6) is -0.218. The van der Waals surface area contributed by atoms with Gasteiger partial charge in [0.2, 0.25) is 5.91 Å². The minimum Gasteiger partial charge on any atom is -0.323 e. The van der Waals surface area contributed by atoms with Crippen LogP contribution in [0, 0.1) is 0 Å². The molecule has 0 aliphatic carbocycles. The van der Waals surface area contributed by atoms with E-state index in [1.54, 1.807) is 17.8 Å². The summed E-state index contributed by atoms with van der Waals surface area (Å²) in [5, 5.41) is 6.91. The highest BCUT2D eigenvalue weighted by molar-refractivity contribution is 5.96. The lowest BCUT2D eigenvalue weighted by Gasteiger charge is -2.12. The second-order valence-electron chi connectivity index (χ2n) is 3.75. The highest BCUT2D eigenvalue weighted by Crippen LogP contribution is 2.18. The average Bonchev–Trinajstić information content (AvgIpc) is 2.83. The van der Waals surface area contributed by atoms with Crippen molar-refractivity contribution in [3.8, 4) is 5.69 Å². The van der Waals surface area contributed by atoms with Gasteiger partial charge in [-0.3, -0.25) is 4.79 Å². The number of rotatable bonds is 3. The molecule has 3 N–H and O–H groups in total. The van der Waals surface area contributed by atoms with E-state index in [0.717, 1.165) is 5.69 Å². The molecule has 1 heterocycles. The Morgan fingerprint density at radius 3 is 2.82 bits per heavy atom. The van der Waals surface area contributed by atoms with E-state index in [-0.39, 0.29) is 5.91 Å². The molecule has 5 nitrogen and oxygen atoms in total. The molecule has 0 spiro atoms. The smallest absolute Gasteiger partial charge is 0.241 e. The number of benzene rings is 1. The van der Waals surface area contributed by atoms with Crippen LogP contribution in [0.4, 0.5) is 5.69 Å². The Labute approximate surface area is 99.2 Å². The fraction of sp³-hybridized carbons (Fsp3) is 0.167. The molecular weight excluding hydrogens is 216 g/mol. The third-order valence-corrected chi connectivity index (χ3v) is 2.33. The topological polar surface area (TPSA) is 72.9 Å². The van der Waals surface area contributed by atoms with Crippen molar-refractivity contribution in [1.82, 2.24) is 9.78 Å². The Kier molecular flexibility index (Phi) is 3.20. The van der Waals surface area contributed by atoms with Crippen molar-refractivity contribution >= 4 is 11.6 Å². The van der Waals surface area contributed by atoms with Gasteiger partial charge in [0.15, 0.2) is 0 Å². The summed E-state index contributed by atoms with van der Waals surface area (Å²) in [6.07, 6.45) is 3.50. The summed E-state index contributed by atoms with van der Waals surface area (Å²) in [4.78, 5) is 11.6. The van der Waals surface area contributed by atoms with E-state index in [0.29, 0.717) is 5.69 Å². The number of anilines is 1. The first-order valence-electron chi connectivity index (χ1n) is 5.34. The van der Waals surface area contributed by atoms with Gasteiger partial charge in [0, 0.05) is 12.4 Å². The Bertz CT molecular complexity index is 505. The third-order valence-electron chi connectivity index (χ3n) is 2.33. The van der Waals surface area contributed by atoms with Crippen LogP contribution in [-0.2, 0) is 4.79 Å². The SMILES string of the molecule is C[C@H](N)C(=O)Nc1ccccc1-n1cccn1. The molecule has 88 valence electrons. The maximum atomic E-state index is 11.6. The average molecular weight is 230 g/mol. The Balaban J connectivity index is 2.32. The van der Waals surface area contributed by atoms with Crippen molar-refractivity contribution in [2.45, 2.75) is 13.0 Å². The molecule has 17 heavy (non-hydrogen) atoms. The number of carbonyl (C=O) groups excluding carboxylic acids is 1. The fourth-order valence-corrected chi connectivity index (χ4v) is 1.44. The van der Waals surface area contributed by atoms with E-state index in [1.807, 2.05) is 36.5 Å². The molecule has 5 heteroatoms. The van der Waals surface area contributed by atoms with Crippen LogP contribution in [0.1, 0.15) is 6.92 Å². The number of carbonyl (C=O) groups is 1. The molecule has 1 aromatic carbocycles. The van der Waals surface area contributed by atoms with Crippen LogP contribution in [0.25, 0.3) is 5.69 Å². The molecule has 0 saturated carbocycles. The second kappa shape index (κ2) is 4.80. The molecule has 0 saturated heterocycles. The predicted octanol–water partition coefficient (Wildman–Crippen LogP) is 1.16. The Morgan fingerprint density at radius 1 is 1.41 bits per heavy atom. The summed E-state index contributed by atoms with van der Waals surface area (Å²) in [7, 11) is 0. The zero-order valence-electron chi connectivity index (χ0n) is 9.50. The molecule has 0 radical (unpaired) electrons. The van der Waals surface area contributed by atoms with Gasteiger partial charge >= 0.3 is 0 Å². The molecule has 0 unspecified atom stereocenters. The van der Waals surface area contributed by atoms with Crippen molar-refractivity contribution in [1.29, 1.82) is 0 Å². The van der Waals surface area contributed by atoms with Crippen LogP contribution < -0.4 is 11.1 Å². The number of amides is 1. The largest absolute Gasteiger partial charge is 0.323 e. The van der Waals surface area contributed by atoms with E-state index in [4.69, 9.17) is 5.73 Å². The van der Waals surface area contributed by atoms with Gasteiger partial charge in [0.25, 0.3) is 0 Å². The highest BCUT2D eigenvalue weighted by atomic mass is 16.2. The fourth-order valence-electron chi connectivity index (χ4n) is 1.44. The van der Waals surface area contributed by atoms with Gasteiger partial charge in [-0.1, -0.05) is 12.1 Å². The summed E-state index contributed by atoms with van der Waals surface area (Å²) in [5.41, 5.74) is 7.02. The van der Waals surface area contributed by atoms with Crippen molar-refractivity contribution in [2.24, 2.45) is 5.73 Å². The van der Waals surface area contributed by atoms with Gasteiger partial charge in [0.1, 0.15) is 0 Å². The number of aromatic nitrogens is 2. The molecule has 2 rings (SSSR count). The van der Waals surface area contributed by atoms with Crippen LogP contribution in [0.5, 0.6) is 0 Å². The maximum Gasteiger partial charge on any atom is 0.241 e. The van der Waals surface area contributed by atoms with Crippen molar-refractivity contribution in [2.75, 3.05) is 5.32 Å². The zero-order valence-corrected chi connectivity index (χ0v) is 9.50. The minimum absolute atomic E-state index is 0.218. The van der Waals surface area contributed by atoms with Gasteiger partial charge in [-0.2, -0.15) is 5.10 Å². The van der Waals surface area contributed by atoms with Crippen LogP contribution in [0.2, 0.25) is 0 Å². The first-order chi connectivity index (χ1) is 8.18. The van der Waals surface area contributed by atoms with Gasteiger partial charge in [-0.25, -0.2) is 4.68 Å². The number of hydrogen-bond donors (Lipinski definition) is 2. The predicted molar refractivity (Wildman–Crippen MR) is 65.8 cm³/mol. The Hall–Kier alpha value is -2.14. The summed E-state index contributed by atoms with van der Waals surface area (Å²) < 4.78 is 1.69. The monoisotopic (exact) mass is 230 g/mol. The lowest BCUT2D eigenvalue weighted by atomic mass is 10.2. The molecule has 1 atom stereocenters. The first-order valence-corrected chi connectivity index (χ1v) is 5.34. The number of nitrogens with two attached hydrogens (primary N) is 1. The molecule has 0 aliphatic heterocycles. The lowest BCUT2D eigenvalue weighted by molar-refractivity contribution is -0.117. The molecule has 2 aromatic rings. The normalized spacial score (nSPS) is 12.1. The highest BCUT2D eigenvalue weighted by Gasteiger charge is 2.10. The number of nitrogens with zero attached hydrogens (tertiary/aromatic N) is 2. The van der Waals surface area contributed by atoms with Crippen LogP contribution in [-0.4, -0.2) is 21.7 Å².